The standard InChI is InChI=1S/C10H13N5O2/c1-10(2,6-12)14-9-8(15(16)17)7(5-11)3-4-13-9/h3-4H,6,12H2,1-2H3,(H,13,14). The van der Waals surface area contributed by atoms with E-state index in [-0.39, 0.29) is 23.6 Å². The van der Waals surface area contributed by atoms with Crippen LogP contribution in [0.25, 0.3) is 0 Å². The smallest absolute Gasteiger partial charge is 0.328 e. The van der Waals surface area contributed by atoms with Crippen molar-refractivity contribution in [3.8, 4) is 6.07 Å². The molecule has 17 heavy (non-hydrogen) atoms. The molecule has 1 aromatic rings. The normalized spacial score (nSPS) is 10.7. The highest BCUT2D eigenvalue weighted by Gasteiger charge is 2.25. The summed E-state index contributed by atoms with van der Waals surface area (Å²) in [7, 11) is 0. The van der Waals surface area contributed by atoms with Crippen LogP contribution in [-0.2, 0) is 0 Å². The summed E-state index contributed by atoms with van der Waals surface area (Å²) < 4.78 is 0. The molecule has 0 aliphatic heterocycles. The second-order valence-corrected chi connectivity index (χ2v) is 4.14. The Hall–Kier alpha value is -2.20. The van der Waals surface area contributed by atoms with Crippen LogP contribution in [0.1, 0.15) is 19.4 Å². The van der Waals surface area contributed by atoms with Gasteiger partial charge in [0, 0.05) is 18.3 Å². The minimum Gasteiger partial charge on any atom is -0.358 e. The minimum absolute atomic E-state index is 0.0275. The fraction of sp³-hybridized carbons (Fsp3) is 0.400. The van der Waals surface area contributed by atoms with Gasteiger partial charge in [-0.05, 0) is 19.9 Å². The third-order valence-corrected chi connectivity index (χ3v) is 2.19. The zero-order valence-corrected chi connectivity index (χ0v) is 9.60. The summed E-state index contributed by atoms with van der Waals surface area (Å²) in [6.07, 6.45) is 1.35. The van der Waals surface area contributed by atoms with Crippen molar-refractivity contribution >= 4 is 11.5 Å². The van der Waals surface area contributed by atoms with Crippen molar-refractivity contribution in [3.05, 3.63) is 27.9 Å². The Morgan fingerprint density at radius 1 is 1.71 bits per heavy atom. The van der Waals surface area contributed by atoms with E-state index in [1.54, 1.807) is 19.9 Å². The molecule has 7 heteroatoms. The zero-order chi connectivity index (χ0) is 13.1. The lowest BCUT2D eigenvalue weighted by atomic mass is 10.1. The van der Waals surface area contributed by atoms with Crippen LogP contribution < -0.4 is 11.1 Å². The van der Waals surface area contributed by atoms with Crippen LogP contribution in [0.4, 0.5) is 11.5 Å². The lowest BCUT2D eigenvalue weighted by Gasteiger charge is -2.24. The van der Waals surface area contributed by atoms with Crippen molar-refractivity contribution in [2.75, 3.05) is 11.9 Å². The topological polar surface area (TPSA) is 118 Å². The predicted octanol–water partition coefficient (Wildman–Crippen LogP) is 1.01. The summed E-state index contributed by atoms with van der Waals surface area (Å²) in [5.74, 6) is 0.0597. The van der Waals surface area contributed by atoms with Gasteiger partial charge in [-0.15, -0.1) is 0 Å². The number of hydrogen-bond donors (Lipinski definition) is 2. The van der Waals surface area contributed by atoms with Crippen molar-refractivity contribution < 1.29 is 4.92 Å². The van der Waals surface area contributed by atoms with Crippen molar-refractivity contribution in [1.29, 1.82) is 5.26 Å². The lowest BCUT2D eigenvalue weighted by Crippen LogP contribution is -2.39. The minimum atomic E-state index is -0.625. The summed E-state index contributed by atoms with van der Waals surface area (Å²) in [6, 6.07) is 3.07. The second-order valence-electron chi connectivity index (χ2n) is 4.14. The number of pyridine rings is 1. The molecule has 0 saturated carbocycles. The lowest BCUT2D eigenvalue weighted by molar-refractivity contribution is -0.384. The van der Waals surface area contributed by atoms with E-state index in [0.29, 0.717) is 0 Å². The maximum Gasteiger partial charge on any atom is 0.328 e. The number of anilines is 1. The van der Waals surface area contributed by atoms with Gasteiger partial charge in [0.25, 0.3) is 0 Å². The molecule has 0 aliphatic rings. The Kier molecular flexibility index (Phi) is 3.60. The van der Waals surface area contributed by atoms with Gasteiger partial charge in [0.05, 0.1) is 4.92 Å². The van der Waals surface area contributed by atoms with Gasteiger partial charge in [0.1, 0.15) is 11.6 Å². The number of nitrogens with one attached hydrogen (secondary N) is 1. The van der Waals surface area contributed by atoms with Crippen molar-refractivity contribution in [2.45, 2.75) is 19.4 Å². The van der Waals surface area contributed by atoms with Crippen molar-refractivity contribution in [3.63, 3.8) is 0 Å². The Morgan fingerprint density at radius 3 is 2.82 bits per heavy atom. The Balaban J connectivity index is 3.26. The summed E-state index contributed by atoms with van der Waals surface area (Å²) in [6.45, 7) is 3.86. The van der Waals surface area contributed by atoms with E-state index in [9.17, 15) is 10.1 Å². The molecule has 3 N–H and O–H groups in total. The van der Waals surface area contributed by atoms with Crippen LogP contribution in [-0.4, -0.2) is 22.0 Å². The Bertz CT molecular complexity index is 478. The highest BCUT2D eigenvalue weighted by atomic mass is 16.6. The molecule has 0 aromatic carbocycles. The van der Waals surface area contributed by atoms with Crippen LogP contribution >= 0.6 is 0 Å². The number of nitrogens with zero attached hydrogens (tertiary/aromatic N) is 3. The third kappa shape index (κ3) is 2.89. The Morgan fingerprint density at radius 2 is 2.35 bits per heavy atom. The molecule has 0 saturated heterocycles. The first-order valence-electron chi connectivity index (χ1n) is 4.93. The molecule has 90 valence electrons. The molecule has 0 aliphatic carbocycles. The molecule has 0 spiro atoms. The zero-order valence-electron chi connectivity index (χ0n) is 9.60. The molecule has 1 rings (SSSR count). The molecular weight excluding hydrogens is 222 g/mol. The summed E-state index contributed by atoms with van der Waals surface area (Å²) in [5, 5.41) is 22.6. The quantitative estimate of drug-likeness (QED) is 0.594. The Labute approximate surface area is 98.4 Å². The van der Waals surface area contributed by atoms with Gasteiger partial charge >= 0.3 is 5.69 Å². The number of nitro groups is 1. The largest absolute Gasteiger partial charge is 0.358 e. The molecule has 1 heterocycles. The maximum atomic E-state index is 10.9. The van der Waals surface area contributed by atoms with Crippen molar-refractivity contribution in [2.24, 2.45) is 5.73 Å². The molecule has 1 aromatic heterocycles. The van der Waals surface area contributed by atoms with Gasteiger partial charge < -0.3 is 11.1 Å². The monoisotopic (exact) mass is 235 g/mol. The van der Waals surface area contributed by atoms with Crippen LogP contribution in [0, 0.1) is 21.4 Å². The van der Waals surface area contributed by atoms with Crippen LogP contribution in [0.15, 0.2) is 12.3 Å². The molecule has 0 amide bonds. The van der Waals surface area contributed by atoms with Gasteiger partial charge in [-0.25, -0.2) is 4.98 Å². The highest BCUT2D eigenvalue weighted by molar-refractivity contribution is 5.64. The number of nitriles is 1. The first-order valence-corrected chi connectivity index (χ1v) is 4.93. The molecule has 7 nitrogen and oxygen atoms in total. The van der Waals surface area contributed by atoms with E-state index in [0.717, 1.165) is 0 Å². The fourth-order valence-corrected chi connectivity index (χ4v) is 1.19. The van der Waals surface area contributed by atoms with E-state index in [4.69, 9.17) is 11.0 Å². The molecular formula is C10H13N5O2. The van der Waals surface area contributed by atoms with E-state index in [1.807, 2.05) is 0 Å². The van der Waals surface area contributed by atoms with E-state index >= 15 is 0 Å². The highest BCUT2D eigenvalue weighted by Crippen LogP contribution is 2.27. The molecule has 0 bridgehead atoms. The predicted molar refractivity (Wildman–Crippen MR) is 62.4 cm³/mol. The van der Waals surface area contributed by atoms with Crippen LogP contribution in [0.2, 0.25) is 0 Å². The van der Waals surface area contributed by atoms with Gasteiger partial charge in [-0.1, -0.05) is 0 Å². The van der Waals surface area contributed by atoms with Gasteiger partial charge in [-0.2, -0.15) is 5.26 Å². The molecule has 0 atom stereocenters. The second kappa shape index (κ2) is 4.76. The molecule has 0 unspecified atom stereocenters. The van der Waals surface area contributed by atoms with Gasteiger partial charge in [0.2, 0.25) is 5.82 Å². The van der Waals surface area contributed by atoms with Gasteiger partial charge in [-0.3, -0.25) is 10.1 Å². The number of hydrogen-bond acceptors (Lipinski definition) is 6. The summed E-state index contributed by atoms with van der Waals surface area (Å²) in [4.78, 5) is 14.2. The average molecular weight is 235 g/mol. The number of nitrogens with two attached hydrogens (primary N) is 1. The van der Waals surface area contributed by atoms with E-state index in [2.05, 4.69) is 10.3 Å². The molecule has 0 radical (unpaired) electrons. The van der Waals surface area contributed by atoms with Gasteiger partial charge in [0.15, 0.2) is 0 Å². The summed E-state index contributed by atoms with van der Waals surface area (Å²) >= 11 is 0. The summed E-state index contributed by atoms with van der Waals surface area (Å²) in [5.41, 5.74) is 4.64. The SMILES string of the molecule is CC(C)(CN)Nc1nccc(C#N)c1[N+](=O)[O-]. The fourth-order valence-electron chi connectivity index (χ4n) is 1.19. The first-order chi connectivity index (χ1) is 7.91. The molecule has 0 fully saturated rings. The van der Waals surface area contributed by atoms with Crippen molar-refractivity contribution in [1.82, 2.24) is 4.98 Å². The van der Waals surface area contributed by atoms with E-state index < -0.39 is 10.5 Å². The first kappa shape index (κ1) is 12.9. The maximum absolute atomic E-state index is 10.9. The van der Waals surface area contributed by atoms with E-state index in [1.165, 1.54) is 12.3 Å². The average Bonchev–Trinajstić information content (AvgIpc) is 2.27. The number of rotatable bonds is 4. The number of aromatic nitrogens is 1. The van der Waals surface area contributed by atoms with Crippen LogP contribution in [0.3, 0.4) is 0 Å². The third-order valence-electron chi connectivity index (χ3n) is 2.19. The van der Waals surface area contributed by atoms with Crippen LogP contribution in [0.5, 0.6) is 0 Å².